The molecule has 4 rings (SSSR count). The molecule has 0 N–H and O–H groups in total. The van der Waals surface area contributed by atoms with Crippen LogP contribution < -0.4 is 4.74 Å². The number of hydrogen-bond donors (Lipinski definition) is 0. The second kappa shape index (κ2) is 5.72. The molecule has 0 bridgehead atoms. The van der Waals surface area contributed by atoms with Crippen molar-refractivity contribution >= 4 is 5.91 Å². The zero-order chi connectivity index (χ0) is 15.8. The zero-order valence-electron chi connectivity index (χ0n) is 13.3. The van der Waals surface area contributed by atoms with Gasteiger partial charge in [-0.05, 0) is 30.9 Å². The van der Waals surface area contributed by atoms with Crippen LogP contribution >= 0.6 is 0 Å². The average Bonchev–Trinajstić information content (AvgIpc) is 3.34. The van der Waals surface area contributed by atoms with E-state index in [2.05, 4.69) is 11.2 Å². The van der Waals surface area contributed by atoms with E-state index in [1.54, 1.807) is 4.68 Å². The van der Waals surface area contributed by atoms with Crippen LogP contribution in [0.1, 0.15) is 24.0 Å². The van der Waals surface area contributed by atoms with Crippen LogP contribution in [0.5, 0.6) is 5.75 Å². The largest absolute Gasteiger partial charge is 0.492 e. The summed E-state index contributed by atoms with van der Waals surface area (Å²) in [5.74, 6) is 1.05. The molecule has 0 spiro atoms. The second-order valence-corrected chi connectivity index (χ2v) is 6.54. The number of nitrogens with zero attached hydrogens (tertiary/aromatic N) is 3. The van der Waals surface area contributed by atoms with Gasteiger partial charge in [-0.2, -0.15) is 5.10 Å². The number of carbonyl (C=O) groups excluding carboxylic acids is 1. The predicted octanol–water partition coefficient (Wildman–Crippen LogP) is 2.16. The zero-order valence-corrected chi connectivity index (χ0v) is 13.3. The van der Waals surface area contributed by atoms with E-state index in [1.807, 2.05) is 42.5 Å². The number of aryl methyl sites for hydroxylation is 1. The number of carbonyl (C=O) groups is 1. The molecule has 23 heavy (non-hydrogen) atoms. The number of amides is 1. The summed E-state index contributed by atoms with van der Waals surface area (Å²) in [4.78, 5) is 15.0. The Labute approximate surface area is 135 Å². The quantitative estimate of drug-likeness (QED) is 0.869. The first kappa shape index (κ1) is 14.3. The van der Waals surface area contributed by atoms with Crippen molar-refractivity contribution in [1.29, 1.82) is 0 Å². The molecule has 5 nitrogen and oxygen atoms in total. The molecule has 1 atom stereocenters. The number of hydrogen-bond acceptors (Lipinski definition) is 3. The van der Waals surface area contributed by atoms with Gasteiger partial charge in [0.15, 0.2) is 0 Å². The van der Waals surface area contributed by atoms with Crippen LogP contribution in [0.25, 0.3) is 0 Å². The molecule has 0 saturated heterocycles. The minimum Gasteiger partial charge on any atom is -0.492 e. The minimum absolute atomic E-state index is 0.0813. The van der Waals surface area contributed by atoms with Crippen LogP contribution in [-0.2, 0) is 24.8 Å². The molecule has 1 aliphatic heterocycles. The highest BCUT2D eigenvalue weighted by Gasteiger charge is 2.37. The molecule has 0 unspecified atom stereocenters. The van der Waals surface area contributed by atoms with Gasteiger partial charge >= 0.3 is 0 Å². The molecule has 120 valence electrons. The first-order chi connectivity index (χ1) is 11.2. The van der Waals surface area contributed by atoms with Crippen molar-refractivity contribution in [3.8, 4) is 5.75 Å². The van der Waals surface area contributed by atoms with E-state index in [9.17, 15) is 4.79 Å². The van der Waals surface area contributed by atoms with E-state index < -0.39 is 0 Å². The first-order valence-electron chi connectivity index (χ1n) is 8.19. The Bertz CT molecular complexity index is 721. The summed E-state index contributed by atoms with van der Waals surface area (Å²) in [7, 11) is 1.90. The maximum absolute atomic E-state index is 13.0. The Morgan fingerprint density at radius 3 is 2.96 bits per heavy atom. The Hall–Kier alpha value is -2.30. The van der Waals surface area contributed by atoms with E-state index in [0.29, 0.717) is 19.2 Å². The summed E-state index contributed by atoms with van der Waals surface area (Å²) in [6, 6.07) is 8.39. The van der Waals surface area contributed by atoms with Gasteiger partial charge in [0.2, 0.25) is 5.91 Å². The van der Waals surface area contributed by atoms with Gasteiger partial charge in [0.05, 0.1) is 12.1 Å². The molecular weight excluding hydrogens is 290 g/mol. The number of fused-ring (bicyclic) bond motifs is 1. The summed E-state index contributed by atoms with van der Waals surface area (Å²) >= 11 is 0. The molecule has 1 saturated carbocycles. The molecule has 5 heteroatoms. The molecule has 0 radical (unpaired) electrons. The Balaban J connectivity index is 1.50. The maximum Gasteiger partial charge on any atom is 0.230 e. The lowest BCUT2D eigenvalue weighted by atomic mass is 9.95. The van der Waals surface area contributed by atoms with Crippen molar-refractivity contribution in [2.45, 2.75) is 31.8 Å². The first-order valence-corrected chi connectivity index (χ1v) is 8.19. The normalized spacial score (nSPS) is 19.8. The van der Waals surface area contributed by atoms with Crippen molar-refractivity contribution in [3.05, 3.63) is 47.8 Å². The van der Waals surface area contributed by atoms with Crippen molar-refractivity contribution in [2.24, 2.45) is 13.0 Å². The van der Waals surface area contributed by atoms with Gasteiger partial charge in [-0.15, -0.1) is 0 Å². The third kappa shape index (κ3) is 2.96. The van der Waals surface area contributed by atoms with Crippen molar-refractivity contribution in [3.63, 3.8) is 0 Å². The number of rotatable bonds is 4. The van der Waals surface area contributed by atoms with Crippen LogP contribution in [0.15, 0.2) is 36.7 Å². The number of benzene rings is 1. The summed E-state index contributed by atoms with van der Waals surface area (Å²) in [5.41, 5.74) is 2.22. The Kier molecular flexibility index (Phi) is 3.56. The highest BCUT2D eigenvalue weighted by Crippen LogP contribution is 2.33. The molecule has 1 aromatic carbocycles. The van der Waals surface area contributed by atoms with Gasteiger partial charge in [-0.1, -0.05) is 18.2 Å². The van der Waals surface area contributed by atoms with Crippen LogP contribution in [0.3, 0.4) is 0 Å². The minimum atomic E-state index is -0.0813. The van der Waals surface area contributed by atoms with Crippen LogP contribution in [0.2, 0.25) is 0 Å². The number of aromatic nitrogens is 2. The maximum atomic E-state index is 13.0. The molecular formula is C18H21N3O2. The van der Waals surface area contributed by atoms with Crippen LogP contribution in [-0.4, -0.2) is 33.2 Å². The summed E-state index contributed by atoms with van der Waals surface area (Å²) in [6.07, 6.45) is 6.81. The highest BCUT2D eigenvalue weighted by atomic mass is 16.5. The molecule has 1 fully saturated rings. The fourth-order valence-corrected chi connectivity index (χ4v) is 3.24. The Morgan fingerprint density at radius 2 is 2.22 bits per heavy atom. The summed E-state index contributed by atoms with van der Waals surface area (Å²) in [6.45, 7) is 1.13. The lowest BCUT2D eigenvalue weighted by Crippen LogP contribution is -2.41. The number of para-hydroxylation sites is 1. The smallest absolute Gasteiger partial charge is 0.230 e. The average molecular weight is 311 g/mol. The molecule has 1 aliphatic carbocycles. The van der Waals surface area contributed by atoms with Crippen molar-refractivity contribution in [1.82, 2.24) is 14.7 Å². The molecule has 1 aromatic heterocycles. The molecule has 1 amide bonds. The third-order valence-electron chi connectivity index (χ3n) is 4.61. The third-order valence-corrected chi connectivity index (χ3v) is 4.61. The topological polar surface area (TPSA) is 47.4 Å². The molecule has 2 aliphatic rings. The summed E-state index contributed by atoms with van der Waals surface area (Å²) in [5, 5.41) is 4.21. The molecule has 2 aromatic rings. The fraction of sp³-hybridized carbons (Fsp3) is 0.444. The monoisotopic (exact) mass is 311 g/mol. The van der Waals surface area contributed by atoms with Gasteiger partial charge in [0, 0.05) is 31.4 Å². The number of ether oxygens (including phenoxy) is 1. The molecule has 2 heterocycles. The Morgan fingerprint density at radius 1 is 1.39 bits per heavy atom. The fourth-order valence-electron chi connectivity index (χ4n) is 3.24. The predicted molar refractivity (Wildman–Crippen MR) is 85.9 cm³/mol. The lowest BCUT2D eigenvalue weighted by Gasteiger charge is -2.30. The summed E-state index contributed by atoms with van der Waals surface area (Å²) < 4.78 is 7.58. The van der Waals surface area contributed by atoms with Gasteiger partial charge in [0.25, 0.3) is 0 Å². The van der Waals surface area contributed by atoms with E-state index >= 15 is 0 Å². The standard InChI is InChI=1S/C18H21N3O2/c1-20-10-13(9-19-20)11-21(16-6-7-16)18(22)15-8-14-4-2-3-5-17(14)23-12-15/h2-5,9-10,15-16H,6-8,11-12H2,1H3/t15-/m0/s1. The van der Waals surface area contributed by atoms with Crippen LogP contribution in [0.4, 0.5) is 0 Å². The van der Waals surface area contributed by atoms with Crippen LogP contribution in [0, 0.1) is 5.92 Å². The van der Waals surface area contributed by atoms with E-state index in [-0.39, 0.29) is 11.8 Å². The SMILES string of the molecule is Cn1cc(CN(C(=O)[C@@H]2COc3ccccc3C2)C2CC2)cn1. The second-order valence-electron chi connectivity index (χ2n) is 6.54. The van der Waals surface area contributed by atoms with Gasteiger partial charge in [0.1, 0.15) is 12.4 Å². The van der Waals surface area contributed by atoms with E-state index in [4.69, 9.17) is 4.74 Å². The van der Waals surface area contributed by atoms with Gasteiger partial charge in [-0.3, -0.25) is 9.48 Å². The lowest BCUT2D eigenvalue weighted by molar-refractivity contribution is -0.138. The van der Waals surface area contributed by atoms with E-state index in [0.717, 1.165) is 36.1 Å². The van der Waals surface area contributed by atoms with Gasteiger partial charge < -0.3 is 9.64 Å². The van der Waals surface area contributed by atoms with Crippen molar-refractivity contribution in [2.75, 3.05) is 6.61 Å². The highest BCUT2D eigenvalue weighted by molar-refractivity contribution is 5.80. The van der Waals surface area contributed by atoms with E-state index in [1.165, 1.54) is 0 Å². The van der Waals surface area contributed by atoms with Crippen molar-refractivity contribution < 1.29 is 9.53 Å². The van der Waals surface area contributed by atoms with Gasteiger partial charge in [-0.25, -0.2) is 0 Å².